The summed E-state index contributed by atoms with van der Waals surface area (Å²) in [5.41, 5.74) is 5.25. The van der Waals surface area contributed by atoms with Crippen molar-refractivity contribution in [2.45, 2.75) is 40.6 Å². The van der Waals surface area contributed by atoms with Crippen molar-refractivity contribution in [1.29, 1.82) is 0 Å². The Hall–Kier alpha value is -3.89. The fourth-order valence-electron chi connectivity index (χ4n) is 8.29. The molecule has 5 aromatic carbocycles. The smallest absolute Gasteiger partial charge is 0.748 e. The molecule has 73 heavy (non-hydrogen) atoms. The maximum Gasteiger partial charge on any atom is 1.00 e. The van der Waals surface area contributed by atoms with Crippen LogP contribution in [0.1, 0.15) is 22.9 Å². The van der Waals surface area contributed by atoms with Gasteiger partial charge in [0.05, 0.1) is 65.3 Å². The number of rotatable bonds is 20. The van der Waals surface area contributed by atoms with Crippen LogP contribution in [-0.4, -0.2) is 89.2 Å². The van der Waals surface area contributed by atoms with Crippen LogP contribution in [0.2, 0.25) is 5.02 Å². The van der Waals surface area contributed by atoms with Crippen LogP contribution in [0.3, 0.4) is 0 Å². The van der Waals surface area contributed by atoms with Gasteiger partial charge in [0, 0.05) is 58.1 Å². The maximum atomic E-state index is 13.7. The molecule has 4 heterocycles. The second kappa shape index (κ2) is 23.6. The zero-order valence-corrected chi connectivity index (χ0v) is 47.3. The van der Waals surface area contributed by atoms with Crippen LogP contribution in [0.25, 0.3) is 43.7 Å². The molecule has 2 aromatic heterocycles. The molecule has 16 nitrogen and oxygen atoms in total. The number of hydrogen-bond acceptors (Lipinski definition) is 17. The van der Waals surface area contributed by atoms with Gasteiger partial charge in [-0.3, -0.25) is 4.79 Å². The Kier molecular flexibility index (Phi) is 17.9. The first-order valence-corrected chi connectivity index (χ1v) is 30.5. The topological polar surface area (TPSA) is 224 Å². The second-order valence-electron chi connectivity index (χ2n) is 16.5. The van der Waals surface area contributed by atoms with Gasteiger partial charge in [-0.05, 0) is 72.5 Å². The zero-order valence-electron chi connectivity index (χ0n) is 38.8. The Labute approximate surface area is 466 Å². The summed E-state index contributed by atoms with van der Waals surface area (Å²) in [6.45, 7) is 1.51. The SMILES string of the molecule is O=C(C[n+]1c(C=C2Sc3cc(S(=O)(=O)[O-])ccc3N2CCCS(=O)(=O)[O-])sc2ccccc21)NCCOCC[n+]1c(C=C2Sc3ccc(Cl)cc3N2CCCS(=O)(=O)[O-])sc2ccc(-c3ccccc3)cc21.[Na+]. The molecule has 2 aliphatic rings. The second-order valence-corrected chi connectivity index (χ2v) is 25.6. The number of carbonyl (C=O) groups is 1. The Morgan fingerprint density at radius 2 is 1.29 bits per heavy atom. The third-order valence-electron chi connectivity index (χ3n) is 11.5. The van der Waals surface area contributed by atoms with Crippen molar-refractivity contribution in [1.82, 2.24) is 5.32 Å². The van der Waals surface area contributed by atoms with Crippen molar-refractivity contribution in [3.63, 3.8) is 0 Å². The summed E-state index contributed by atoms with van der Waals surface area (Å²) in [5, 5.41) is 6.51. The molecule has 0 atom stereocenters. The number of fused-ring (bicyclic) bond motifs is 4. The molecule has 0 fully saturated rings. The molecule has 9 rings (SSSR count). The minimum atomic E-state index is -4.76. The van der Waals surface area contributed by atoms with E-state index in [9.17, 15) is 43.7 Å². The van der Waals surface area contributed by atoms with Gasteiger partial charge in [0.25, 0.3) is 15.9 Å². The van der Waals surface area contributed by atoms with E-state index < -0.39 is 46.8 Å². The fourth-order valence-corrected chi connectivity index (χ4v) is 14.6. The van der Waals surface area contributed by atoms with Gasteiger partial charge in [-0.15, -0.1) is 0 Å². The molecule has 1 N–H and O–H groups in total. The largest absolute Gasteiger partial charge is 1.00 e. The zero-order chi connectivity index (χ0) is 50.8. The predicted molar refractivity (Wildman–Crippen MR) is 280 cm³/mol. The number of thiazole rings is 2. The fraction of sp³-hybridized carbons (Fsp3) is 0.229. The van der Waals surface area contributed by atoms with E-state index in [1.165, 1.54) is 53.1 Å². The van der Waals surface area contributed by atoms with Crippen LogP contribution in [0, 0.1) is 0 Å². The van der Waals surface area contributed by atoms with Crippen LogP contribution in [0.4, 0.5) is 11.4 Å². The van der Waals surface area contributed by atoms with Crippen LogP contribution < -0.4 is 53.8 Å². The molecule has 0 radical (unpaired) electrons. The molecule has 0 unspecified atom stereocenters. The van der Waals surface area contributed by atoms with Crippen LogP contribution >= 0.6 is 57.8 Å². The average molecular weight is 1150 g/mol. The number of benzene rings is 5. The van der Waals surface area contributed by atoms with Gasteiger partial charge in [-0.1, -0.05) is 106 Å². The molecule has 0 bridgehead atoms. The molecule has 0 spiro atoms. The number of carbonyl (C=O) groups excluding carboxylic acids is 1. The summed E-state index contributed by atoms with van der Waals surface area (Å²) in [6.07, 6.45) is 4.01. The summed E-state index contributed by atoms with van der Waals surface area (Å²) in [6, 6.07) is 33.4. The van der Waals surface area contributed by atoms with Crippen molar-refractivity contribution >= 4 is 138 Å². The van der Waals surface area contributed by atoms with E-state index in [0.29, 0.717) is 45.3 Å². The van der Waals surface area contributed by atoms with Crippen molar-refractivity contribution in [2.24, 2.45) is 0 Å². The number of anilines is 2. The number of hydrogen-bond donors (Lipinski definition) is 1. The average Bonchev–Trinajstić information content (AvgIpc) is 4.06. The van der Waals surface area contributed by atoms with Crippen molar-refractivity contribution in [3.05, 3.63) is 134 Å². The normalized spacial score (nSPS) is 14.8. The monoisotopic (exact) mass is 1150 g/mol. The molecular formula is C48H43ClN5NaO11S7. The molecule has 2 aliphatic heterocycles. The number of aromatic nitrogens is 2. The van der Waals surface area contributed by atoms with Gasteiger partial charge in [-0.2, -0.15) is 9.13 Å². The molecule has 0 saturated heterocycles. The Balaban J connectivity index is 0.00000711. The number of thioether (sulfide) groups is 2. The summed E-state index contributed by atoms with van der Waals surface area (Å²) in [5.74, 6) is -1.39. The number of nitrogens with zero attached hydrogens (tertiary/aromatic N) is 4. The van der Waals surface area contributed by atoms with E-state index in [1.54, 1.807) is 22.3 Å². The Bertz CT molecular complexity index is 3630. The first-order valence-electron chi connectivity index (χ1n) is 22.3. The van der Waals surface area contributed by atoms with E-state index >= 15 is 0 Å². The Morgan fingerprint density at radius 3 is 1.97 bits per heavy atom. The van der Waals surface area contributed by atoms with E-state index in [4.69, 9.17) is 16.3 Å². The van der Waals surface area contributed by atoms with Gasteiger partial charge in [-0.25, -0.2) is 25.3 Å². The van der Waals surface area contributed by atoms with Crippen molar-refractivity contribution in [2.75, 3.05) is 54.2 Å². The summed E-state index contributed by atoms with van der Waals surface area (Å²) >= 11 is 12.2. The number of amides is 1. The first-order chi connectivity index (χ1) is 34.4. The van der Waals surface area contributed by atoms with Gasteiger partial charge >= 0.3 is 29.6 Å². The standard InChI is InChI=1S/C48H44ClN5O11S7.Na/c49-34-13-17-42-39(27-34)52(20-7-25-71(59,60)61)46(68-42)29-47-53(38-26-33(12-16-41(38)67-47)32-8-2-1-3-9-32)21-23-65-22-18-50-44(55)31-54-36-10-4-5-11-40(36)66-48(54)30-45-51(19-6-24-70(56,57)58)37-15-14-35(72(62,63)64)28-43(37)69-45;/h1-5,8-17,26-30H,6-7,18-25,31H2,(H2-2,50,55,56,57,58,59,60,61,62,63,64);/q;+1/p-1. The van der Waals surface area contributed by atoms with Gasteiger partial charge in [0.1, 0.15) is 26.1 Å². The molecule has 1 amide bonds. The number of nitrogens with one attached hydrogen (secondary N) is 1. The van der Waals surface area contributed by atoms with Gasteiger partial charge < -0.3 is 33.5 Å². The quantitative estimate of drug-likeness (QED) is 0.0482. The number of ether oxygens (including phenoxy) is 1. The molecule has 7 aromatic rings. The van der Waals surface area contributed by atoms with Gasteiger partial charge in [0.15, 0.2) is 6.54 Å². The van der Waals surface area contributed by atoms with E-state index in [-0.39, 0.29) is 74.5 Å². The van der Waals surface area contributed by atoms with E-state index in [0.717, 1.165) is 52.2 Å². The number of halogens is 1. The number of para-hydroxylation sites is 1. The minimum Gasteiger partial charge on any atom is -0.748 e. The van der Waals surface area contributed by atoms with Crippen LogP contribution in [0.5, 0.6) is 0 Å². The van der Waals surface area contributed by atoms with E-state index in [2.05, 4.69) is 46.3 Å². The van der Waals surface area contributed by atoms with E-state index in [1.807, 2.05) is 70.1 Å². The van der Waals surface area contributed by atoms with Crippen molar-refractivity contribution < 1.29 is 87.1 Å². The first kappa shape index (κ1) is 55.3. The summed E-state index contributed by atoms with van der Waals surface area (Å²) in [7, 11) is -13.7. The Morgan fingerprint density at radius 1 is 0.658 bits per heavy atom. The molecule has 0 aliphatic carbocycles. The summed E-state index contributed by atoms with van der Waals surface area (Å²) in [4.78, 5) is 18.4. The predicted octanol–water partition coefficient (Wildman–Crippen LogP) is 4.44. The summed E-state index contributed by atoms with van der Waals surface area (Å²) < 4.78 is 117. The van der Waals surface area contributed by atoms with Gasteiger partial charge in [0.2, 0.25) is 17.6 Å². The van der Waals surface area contributed by atoms with Crippen molar-refractivity contribution in [3.8, 4) is 11.1 Å². The maximum absolute atomic E-state index is 13.7. The third-order valence-corrected chi connectivity index (χ3v) is 18.6. The van der Waals surface area contributed by atoms with Crippen LogP contribution in [0.15, 0.2) is 134 Å². The molecule has 25 heteroatoms. The molecule has 0 saturated carbocycles. The molecule has 376 valence electrons. The molecular weight excluding hydrogens is 1110 g/mol. The third kappa shape index (κ3) is 13.8. The van der Waals surface area contributed by atoms with Crippen LogP contribution in [-0.2, 0) is 53.0 Å². The minimum absolute atomic E-state index is 0.